The molecule has 135 heavy (non-hydrogen) atoms. The lowest BCUT2D eigenvalue weighted by molar-refractivity contribution is -0.149. The van der Waals surface area contributed by atoms with Gasteiger partial charge in [0.15, 0.2) is 0 Å². The number of H-pyrrole nitrogens is 2. The van der Waals surface area contributed by atoms with Gasteiger partial charge >= 0.3 is 5.97 Å². The number of carbonyl (C=O) groups is 18. The maximum atomic E-state index is 15.8. The zero-order valence-corrected chi connectivity index (χ0v) is 78.5. The van der Waals surface area contributed by atoms with E-state index in [9.17, 15) is 63.3 Å². The van der Waals surface area contributed by atoms with Crippen LogP contribution in [0.2, 0.25) is 0 Å². The molecule has 3 aliphatic rings. The molecular weight excluding hydrogens is 1790 g/mol. The van der Waals surface area contributed by atoms with Crippen LogP contribution in [0.25, 0.3) is 21.0 Å². The van der Waals surface area contributed by atoms with Gasteiger partial charge in [-0.3, -0.25) is 86.3 Å². The number of rotatable bonds is 26. The van der Waals surface area contributed by atoms with E-state index in [1.165, 1.54) is 86.0 Å². The van der Waals surface area contributed by atoms with Crippen molar-refractivity contribution in [2.24, 2.45) is 23.1 Å². The SMILES string of the molecule is CCCC[C@H]1C(=O)N(C)[C@@H](CCCC)C(=O)N[C@@H](CC(C)C)C(=O)N[C@H](C(=O)NCC(N)=O)CSCC(=O)N[C@@H](Cc2ccc(O)cc2)C(=O)N(C)[C@@H](C)C(=O)N[C@H](CC(N)=O)C(=O)N2CCC[C@H]2C(=O)N[C@@H](Cc2c[nH]cn2)C(=O)N[C@@H](CCC(=O)O)C(=O)N2C[C@H](O)C[C@H]2C(=O)N[C@@H](Cc2c[nH]c3ccccc23)C(=O)N[C@@H](CCN)C(=O)N[C@@H](Cc2csc3ccccc23)C(=O)N1C. The van der Waals surface area contributed by atoms with Gasteiger partial charge in [0.1, 0.15) is 90.3 Å². The lowest BCUT2D eigenvalue weighted by Crippen LogP contribution is -2.61. The summed E-state index contributed by atoms with van der Waals surface area (Å²) in [5.74, 6) is -18.9. The Bertz CT molecular complexity index is 5230. The molecule has 44 heteroatoms. The highest BCUT2D eigenvalue weighted by atomic mass is 32.2. The van der Waals surface area contributed by atoms with E-state index in [0.29, 0.717) is 53.3 Å². The number of nitrogens with zero attached hydrogens (tertiary/aromatic N) is 6. The number of phenolic OH excluding ortho intramolecular Hbond substituents is 1. The number of thiophene rings is 1. The molecule has 17 amide bonds. The van der Waals surface area contributed by atoms with Gasteiger partial charge < -0.3 is 120 Å². The van der Waals surface area contributed by atoms with E-state index in [1.807, 2.05) is 37.4 Å². The zero-order chi connectivity index (χ0) is 98.6. The average molecular weight is 1910 g/mol. The Morgan fingerprint density at radius 3 is 1.80 bits per heavy atom. The lowest BCUT2D eigenvalue weighted by Gasteiger charge is -2.36. The van der Waals surface area contributed by atoms with Crippen LogP contribution in [0, 0.1) is 5.92 Å². The summed E-state index contributed by atoms with van der Waals surface area (Å²) < 4.78 is 0.831. The zero-order valence-electron chi connectivity index (χ0n) is 76.9. The number of aromatic amines is 2. The molecule has 0 bridgehead atoms. The number of hydrogen-bond donors (Lipinski definition) is 18. The Morgan fingerprint density at radius 1 is 0.570 bits per heavy atom. The number of aromatic nitrogens is 3. The molecule has 0 aliphatic carbocycles. The van der Waals surface area contributed by atoms with Crippen LogP contribution in [0.15, 0.2) is 96.9 Å². The molecule has 6 aromatic rings. The number of aliphatic hydroxyl groups excluding tert-OH is 1. The molecule has 3 aromatic carbocycles. The molecule has 0 unspecified atom stereocenters. The van der Waals surface area contributed by atoms with Crippen molar-refractivity contribution in [1.29, 1.82) is 0 Å². The third-order valence-electron chi connectivity index (χ3n) is 24.1. The smallest absolute Gasteiger partial charge is 0.303 e. The van der Waals surface area contributed by atoms with Crippen molar-refractivity contribution in [2.75, 3.05) is 58.8 Å². The van der Waals surface area contributed by atoms with E-state index in [1.54, 1.807) is 50.4 Å². The first kappa shape index (κ1) is 106. The number of aliphatic hydroxyl groups is 1. The van der Waals surface area contributed by atoms with Crippen molar-refractivity contribution >= 4 is 150 Å². The molecule has 732 valence electrons. The molecule has 0 saturated carbocycles. The minimum Gasteiger partial charge on any atom is -0.508 e. The third-order valence-corrected chi connectivity index (χ3v) is 26.2. The minimum atomic E-state index is -1.84. The standard InChI is InChI=1S/C91H125N21O21S2/c1-9-11-21-69-84(126)102-62(34-49(3)4)81(123)107-68(79(121)97-43-75(94)116)46-134-47-76(117)99-65(35-51-25-27-55(113)28-26-51)87(129)108(6)50(5)78(120)105-67(40-74(93)115)90(132)111-33-17-23-70(111)85(127)104-64(38-54-42-95-48-98-54)83(125)101-61(29-30-77(118)119)89(131)112-44-56(114)39-72(112)86(128)103-63(36-52-41-96-59-20-15-13-18-57(52)59)82(124)100-60(31-32-92)80(122)106-66(37-53-45-135-73-24-16-14-19-58(53)73)88(130)110(8)71(22-12-10-2)91(133)109(69)7/h13-16,18-20,24-28,41-42,45,48-50,56,60-72,96,113-114H,9-12,17,21-23,29-40,43-44,46-47,92H2,1-8H3,(H2,93,115)(H2,94,116)(H,95,98)(H,97,121)(H,99,117)(H,100,124)(H,101,125)(H,102,126)(H,103,128)(H,104,127)(H,105,120)(H,106,122)(H,107,123)(H,118,119)/t50-,56+,60-,61-,62-,63-,64-,65-,66-,67+,68-,69-,70-,71-,72-/m0/s1. The quantitative estimate of drug-likeness (QED) is 0.0302. The summed E-state index contributed by atoms with van der Waals surface area (Å²) in [5, 5.41) is 61.5. The Kier molecular flexibility index (Phi) is 39.3. The Balaban J connectivity index is 1.11. The van der Waals surface area contributed by atoms with E-state index in [4.69, 9.17) is 17.2 Å². The Labute approximate surface area is 788 Å². The van der Waals surface area contributed by atoms with Gasteiger partial charge in [-0.05, 0) is 116 Å². The van der Waals surface area contributed by atoms with Gasteiger partial charge in [-0.25, -0.2) is 4.98 Å². The number of phenols is 1. The number of carboxylic acid groups (broad SMARTS) is 1. The summed E-state index contributed by atoms with van der Waals surface area (Å²) in [7, 11) is 3.98. The maximum Gasteiger partial charge on any atom is 0.303 e. The van der Waals surface area contributed by atoms with E-state index in [0.717, 1.165) is 36.5 Å². The van der Waals surface area contributed by atoms with Crippen LogP contribution < -0.4 is 70.4 Å². The topological polar surface area (TPSA) is 627 Å². The highest BCUT2D eigenvalue weighted by Gasteiger charge is 2.47. The summed E-state index contributed by atoms with van der Waals surface area (Å²) in [5.41, 5.74) is 19.7. The third kappa shape index (κ3) is 29.5. The predicted molar refractivity (Wildman–Crippen MR) is 498 cm³/mol. The van der Waals surface area contributed by atoms with Gasteiger partial charge in [0.05, 0.1) is 36.8 Å². The number of unbranched alkanes of at least 4 members (excludes halogenated alkanes) is 2. The molecule has 42 nitrogen and oxygen atoms in total. The highest BCUT2D eigenvalue weighted by Crippen LogP contribution is 2.30. The second kappa shape index (κ2) is 50.3. The molecule has 0 radical (unpaired) electrons. The van der Waals surface area contributed by atoms with Gasteiger partial charge in [-0.2, -0.15) is 0 Å². The molecule has 21 N–H and O–H groups in total. The van der Waals surface area contributed by atoms with Crippen molar-refractivity contribution in [3.05, 3.63) is 119 Å². The maximum absolute atomic E-state index is 15.8. The Morgan fingerprint density at radius 2 is 1.15 bits per heavy atom. The minimum absolute atomic E-state index is 0.0302. The van der Waals surface area contributed by atoms with Gasteiger partial charge in [0.25, 0.3) is 0 Å². The second-order valence-electron chi connectivity index (χ2n) is 34.7. The second-order valence-corrected chi connectivity index (χ2v) is 36.6. The first-order valence-electron chi connectivity index (χ1n) is 45.2. The molecule has 3 saturated heterocycles. The van der Waals surface area contributed by atoms with Gasteiger partial charge in [-0.15, -0.1) is 23.1 Å². The van der Waals surface area contributed by atoms with Crippen LogP contribution in [-0.2, 0) is 112 Å². The van der Waals surface area contributed by atoms with Crippen molar-refractivity contribution in [3.8, 4) is 5.75 Å². The number of carbonyl (C=O) groups excluding carboxylic acids is 17. The molecule has 3 fully saturated rings. The summed E-state index contributed by atoms with van der Waals surface area (Å²) >= 11 is 2.16. The molecule has 3 aliphatic heterocycles. The summed E-state index contributed by atoms with van der Waals surface area (Å²) in [6.07, 6.45) is 0.442. The number of amides is 17. The lowest BCUT2D eigenvalue weighted by atomic mass is 9.99. The van der Waals surface area contributed by atoms with E-state index >= 15 is 38.4 Å². The van der Waals surface area contributed by atoms with E-state index in [-0.39, 0.29) is 88.2 Å². The monoisotopic (exact) mass is 1910 g/mol. The Hall–Kier alpha value is -13.1. The van der Waals surface area contributed by atoms with Crippen molar-refractivity contribution < 1.29 is 102 Å². The van der Waals surface area contributed by atoms with Crippen LogP contribution in [0.3, 0.4) is 0 Å². The van der Waals surface area contributed by atoms with Crippen molar-refractivity contribution in [1.82, 2.24) is 92.6 Å². The van der Waals surface area contributed by atoms with Crippen molar-refractivity contribution in [2.45, 2.75) is 241 Å². The van der Waals surface area contributed by atoms with Crippen LogP contribution >= 0.6 is 23.1 Å². The van der Waals surface area contributed by atoms with Crippen molar-refractivity contribution in [3.63, 3.8) is 0 Å². The van der Waals surface area contributed by atoms with Gasteiger partial charge in [0.2, 0.25) is 100 Å². The number of primary amides is 2. The van der Waals surface area contributed by atoms with Crippen LogP contribution in [0.1, 0.15) is 147 Å². The first-order valence-corrected chi connectivity index (χ1v) is 47.2. The van der Waals surface area contributed by atoms with Crippen LogP contribution in [0.4, 0.5) is 0 Å². The number of fused-ring (bicyclic) bond motifs is 4. The predicted octanol–water partition coefficient (Wildman–Crippen LogP) is -1.24. The first-order chi connectivity index (χ1) is 64.3. The number of imidazole rings is 1. The average Bonchev–Trinajstić information content (AvgIpc) is 1.56. The molecule has 0 spiro atoms. The van der Waals surface area contributed by atoms with E-state index in [2.05, 4.69) is 68.1 Å². The number of likely N-dealkylation sites (N-methyl/N-ethyl adjacent to an activating group) is 3. The number of nitrogens with two attached hydrogens (primary N) is 3. The fourth-order valence-electron chi connectivity index (χ4n) is 16.7. The summed E-state index contributed by atoms with van der Waals surface area (Å²) in [6.45, 7) is 6.82. The number of hydrogen-bond acceptors (Lipinski definition) is 24. The molecule has 15 atom stereocenters. The largest absolute Gasteiger partial charge is 0.508 e. The van der Waals surface area contributed by atoms with Crippen LogP contribution in [-0.4, -0.2) is 311 Å². The number of para-hydroxylation sites is 1. The number of thioether (sulfide) groups is 1. The highest BCUT2D eigenvalue weighted by molar-refractivity contribution is 8.00. The normalized spacial score (nSPS) is 24.8. The number of nitrogens with one attached hydrogen (secondary N) is 12. The van der Waals surface area contributed by atoms with Crippen LogP contribution in [0.5, 0.6) is 5.75 Å². The number of aromatic hydroxyl groups is 1. The fraction of sp³-hybridized carbons (Fsp3) is 0.527. The summed E-state index contributed by atoms with van der Waals surface area (Å²) in [6, 6.07) is -1.99. The number of aliphatic carboxylic acids is 1. The molecule has 3 aromatic heterocycles. The number of carboxylic acids is 1. The van der Waals surface area contributed by atoms with E-state index < -0.39 is 254 Å². The van der Waals surface area contributed by atoms with Gasteiger partial charge in [0, 0.05) is 107 Å². The summed E-state index contributed by atoms with van der Waals surface area (Å²) in [4.78, 5) is 278. The molecule has 6 heterocycles. The van der Waals surface area contributed by atoms with Gasteiger partial charge in [-0.1, -0.05) is 102 Å². The number of benzene rings is 3. The molecule has 9 rings (SSSR count). The fourth-order valence-corrected chi connectivity index (χ4v) is 18.5. The molecular formula is C91H125N21O21S2.